The van der Waals surface area contributed by atoms with Crippen LogP contribution < -0.4 is 5.32 Å². The molecule has 26 heavy (non-hydrogen) atoms. The van der Waals surface area contributed by atoms with Crippen LogP contribution in [0, 0.1) is 0 Å². The lowest BCUT2D eigenvalue weighted by molar-refractivity contribution is 0.560. The van der Waals surface area contributed by atoms with Crippen molar-refractivity contribution in [3.63, 3.8) is 0 Å². The first-order valence-electron chi connectivity index (χ1n) is 8.61. The standard InChI is InChI=1S/C21H20N4O/c1-2-5-17(6-3-1)14-25-15-20(13-23-11-18-8-10-26-16-18)21(24-25)19-7-4-9-22-12-19/h1-10,12,15-16,23H,11,13-14H2. The van der Waals surface area contributed by atoms with Crippen LogP contribution in [0.5, 0.6) is 0 Å². The summed E-state index contributed by atoms with van der Waals surface area (Å²) in [5.74, 6) is 0. The second-order valence-corrected chi connectivity index (χ2v) is 6.16. The van der Waals surface area contributed by atoms with Crippen molar-refractivity contribution in [1.29, 1.82) is 0 Å². The second kappa shape index (κ2) is 7.80. The molecule has 5 heteroatoms. The van der Waals surface area contributed by atoms with E-state index in [-0.39, 0.29) is 0 Å². The minimum absolute atomic E-state index is 0.726. The molecule has 1 aromatic carbocycles. The van der Waals surface area contributed by atoms with Gasteiger partial charge in [0.05, 0.1) is 24.8 Å². The van der Waals surface area contributed by atoms with Gasteiger partial charge in [0.25, 0.3) is 0 Å². The molecule has 0 fully saturated rings. The molecule has 0 amide bonds. The fourth-order valence-corrected chi connectivity index (χ4v) is 2.92. The number of nitrogens with zero attached hydrogens (tertiary/aromatic N) is 3. The Morgan fingerprint density at radius 2 is 1.88 bits per heavy atom. The van der Waals surface area contributed by atoms with Gasteiger partial charge in [0.2, 0.25) is 0 Å². The third-order valence-corrected chi connectivity index (χ3v) is 4.18. The van der Waals surface area contributed by atoms with Gasteiger partial charge < -0.3 is 9.73 Å². The molecular formula is C21H20N4O. The lowest BCUT2D eigenvalue weighted by Gasteiger charge is -2.03. The summed E-state index contributed by atoms with van der Waals surface area (Å²) >= 11 is 0. The predicted molar refractivity (Wildman–Crippen MR) is 100 cm³/mol. The number of hydrogen-bond acceptors (Lipinski definition) is 4. The van der Waals surface area contributed by atoms with Gasteiger partial charge in [-0.15, -0.1) is 0 Å². The van der Waals surface area contributed by atoms with Gasteiger partial charge in [0, 0.05) is 48.4 Å². The summed E-state index contributed by atoms with van der Waals surface area (Å²) in [6.07, 6.45) is 9.19. The Morgan fingerprint density at radius 1 is 0.962 bits per heavy atom. The van der Waals surface area contributed by atoms with E-state index in [1.54, 1.807) is 18.7 Å². The highest BCUT2D eigenvalue weighted by Gasteiger charge is 2.11. The monoisotopic (exact) mass is 344 g/mol. The van der Waals surface area contributed by atoms with Crippen LogP contribution in [0.15, 0.2) is 84.1 Å². The van der Waals surface area contributed by atoms with E-state index in [1.807, 2.05) is 47.3 Å². The van der Waals surface area contributed by atoms with E-state index in [4.69, 9.17) is 9.52 Å². The van der Waals surface area contributed by atoms with Gasteiger partial charge in [0.1, 0.15) is 0 Å². The largest absolute Gasteiger partial charge is 0.472 e. The summed E-state index contributed by atoms with van der Waals surface area (Å²) < 4.78 is 7.11. The zero-order valence-corrected chi connectivity index (χ0v) is 14.4. The van der Waals surface area contributed by atoms with Crippen molar-refractivity contribution in [2.24, 2.45) is 0 Å². The van der Waals surface area contributed by atoms with Crippen LogP contribution in [-0.2, 0) is 19.6 Å². The van der Waals surface area contributed by atoms with Crippen LogP contribution in [0.4, 0.5) is 0 Å². The maximum absolute atomic E-state index is 5.12. The predicted octanol–water partition coefficient (Wildman–Crippen LogP) is 3.88. The van der Waals surface area contributed by atoms with Gasteiger partial charge in [0.15, 0.2) is 0 Å². The molecule has 3 aromatic heterocycles. The molecule has 0 saturated heterocycles. The molecule has 0 radical (unpaired) electrons. The molecule has 0 unspecified atom stereocenters. The van der Waals surface area contributed by atoms with E-state index in [1.165, 1.54) is 5.56 Å². The van der Waals surface area contributed by atoms with Crippen LogP contribution in [0.25, 0.3) is 11.3 Å². The highest BCUT2D eigenvalue weighted by Crippen LogP contribution is 2.21. The van der Waals surface area contributed by atoms with Crippen LogP contribution in [0.2, 0.25) is 0 Å². The summed E-state index contributed by atoms with van der Waals surface area (Å²) in [5.41, 5.74) is 5.50. The number of furan rings is 1. The van der Waals surface area contributed by atoms with Crippen LogP contribution in [0.1, 0.15) is 16.7 Å². The van der Waals surface area contributed by atoms with Gasteiger partial charge in [-0.25, -0.2) is 0 Å². The zero-order valence-electron chi connectivity index (χ0n) is 14.4. The molecule has 0 aliphatic heterocycles. The van der Waals surface area contributed by atoms with Crippen LogP contribution in [-0.4, -0.2) is 14.8 Å². The third kappa shape index (κ3) is 3.90. The van der Waals surface area contributed by atoms with Crippen molar-refractivity contribution in [3.05, 3.63) is 96.3 Å². The van der Waals surface area contributed by atoms with Crippen molar-refractivity contribution in [2.45, 2.75) is 19.6 Å². The van der Waals surface area contributed by atoms with Crippen molar-refractivity contribution in [3.8, 4) is 11.3 Å². The van der Waals surface area contributed by atoms with Gasteiger partial charge in [-0.3, -0.25) is 9.67 Å². The molecule has 0 spiro atoms. The smallest absolute Gasteiger partial charge is 0.0983 e. The number of rotatable bonds is 7. The van der Waals surface area contributed by atoms with Crippen molar-refractivity contribution >= 4 is 0 Å². The van der Waals surface area contributed by atoms with Gasteiger partial charge in [-0.2, -0.15) is 5.10 Å². The Labute approximate surface area is 152 Å². The Balaban J connectivity index is 1.55. The quantitative estimate of drug-likeness (QED) is 0.553. The molecular weight excluding hydrogens is 324 g/mol. The molecule has 5 nitrogen and oxygen atoms in total. The molecule has 0 aliphatic carbocycles. The number of aromatic nitrogens is 3. The average molecular weight is 344 g/mol. The lowest BCUT2D eigenvalue weighted by atomic mass is 10.1. The van der Waals surface area contributed by atoms with E-state index < -0.39 is 0 Å². The minimum Gasteiger partial charge on any atom is -0.472 e. The summed E-state index contributed by atoms with van der Waals surface area (Å²) in [6.45, 7) is 2.23. The molecule has 3 heterocycles. The normalized spacial score (nSPS) is 10.9. The Morgan fingerprint density at radius 3 is 2.65 bits per heavy atom. The summed E-state index contributed by atoms with van der Waals surface area (Å²) in [6, 6.07) is 16.3. The van der Waals surface area contributed by atoms with Crippen LogP contribution >= 0.6 is 0 Å². The SMILES string of the molecule is c1ccc(Cn2cc(CNCc3ccoc3)c(-c3cccnc3)n2)cc1. The minimum atomic E-state index is 0.726. The first kappa shape index (κ1) is 16.3. The van der Waals surface area contributed by atoms with Crippen molar-refractivity contribution in [1.82, 2.24) is 20.1 Å². The molecule has 0 atom stereocenters. The first-order valence-corrected chi connectivity index (χ1v) is 8.61. The van der Waals surface area contributed by atoms with Crippen molar-refractivity contribution < 1.29 is 4.42 Å². The van der Waals surface area contributed by atoms with E-state index in [0.29, 0.717) is 0 Å². The van der Waals surface area contributed by atoms with E-state index in [2.05, 4.69) is 28.6 Å². The number of nitrogens with one attached hydrogen (secondary N) is 1. The van der Waals surface area contributed by atoms with Gasteiger partial charge >= 0.3 is 0 Å². The maximum atomic E-state index is 5.12. The first-order chi connectivity index (χ1) is 12.9. The average Bonchev–Trinajstić information content (AvgIpc) is 3.34. The third-order valence-electron chi connectivity index (χ3n) is 4.18. The summed E-state index contributed by atoms with van der Waals surface area (Å²) in [5, 5.41) is 8.27. The summed E-state index contributed by atoms with van der Waals surface area (Å²) in [7, 11) is 0. The highest BCUT2D eigenvalue weighted by molar-refractivity contribution is 5.61. The fourth-order valence-electron chi connectivity index (χ4n) is 2.92. The van der Waals surface area contributed by atoms with Gasteiger partial charge in [-0.05, 0) is 23.8 Å². The number of hydrogen-bond donors (Lipinski definition) is 1. The van der Waals surface area contributed by atoms with Crippen LogP contribution in [0.3, 0.4) is 0 Å². The fraction of sp³-hybridized carbons (Fsp3) is 0.143. The molecule has 0 saturated carbocycles. The molecule has 4 aromatic rings. The summed E-state index contributed by atoms with van der Waals surface area (Å²) in [4.78, 5) is 4.23. The van der Waals surface area contributed by atoms with Gasteiger partial charge in [-0.1, -0.05) is 30.3 Å². The second-order valence-electron chi connectivity index (χ2n) is 6.16. The molecule has 1 N–H and O–H groups in total. The molecule has 4 rings (SSSR count). The van der Waals surface area contributed by atoms with Crippen molar-refractivity contribution in [2.75, 3.05) is 0 Å². The highest BCUT2D eigenvalue weighted by atomic mass is 16.3. The number of benzene rings is 1. The number of pyridine rings is 1. The Hall–Kier alpha value is -3.18. The molecule has 0 bridgehead atoms. The Kier molecular flexibility index (Phi) is 4.89. The lowest BCUT2D eigenvalue weighted by Crippen LogP contribution is -2.12. The van der Waals surface area contributed by atoms with E-state index in [0.717, 1.165) is 42.0 Å². The van der Waals surface area contributed by atoms with E-state index in [9.17, 15) is 0 Å². The topological polar surface area (TPSA) is 55.9 Å². The van der Waals surface area contributed by atoms with E-state index >= 15 is 0 Å². The zero-order chi connectivity index (χ0) is 17.6. The maximum Gasteiger partial charge on any atom is 0.0983 e. The molecule has 130 valence electrons. The Bertz CT molecular complexity index is 931. The molecule has 0 aliphatic rings.